The van der Waals surface area contributed by atoms with E-state index < -0.39 is 5.60 Å². The fourth-order valence-electron chi connectivity index (χ4n) is 3.92. The molecular weight excluding hydrogens is 356 g/mol. The van der Waals surface area contributed by atoms with Crippen molar-refractivity contribution in [1.82, 2.24) is 14.9 Å². The Morgan fingerprint density at radius 2 is 1.96 bits per heavy atom. The molecule has 1 atom stereocenters. The van der Waals surface area contributed by atoms with Crippen LogP contribution >= 0.6 is 0 Å². The summed E-state index contributed by atoms with van der Waals surface area (Å²) in [7, 11) is 0. The maximum Gasteiger partial charge on any atom is 0.291 e. The van der Waals surface area contributed by atoms with Crippen molar-refractivity contribution in [1.29, 1.82) is 0 Å². The van der Waals surface area contributed by atoms with Crippen LogP contribution in [0.2, 0.25) is 0 Å². The predicted octanol–water partition coefficient (Wildman–Crippen LogP) is 2.21. The van der Waals surface area contributed by atoms with E-state index in [-0.39, 0.29) is 24.2 Å². The van der Waals surface area contributed by atoms with Crippen LogP contribution in [0.5, 0.6) is 0 Å². The first kappa shape index (κ1) is 18.6. The largest absolute Gasteiger partial charge is 0.361 e. The third-order valence-corrected chi connectivity index (χ3v) is 5.37. The number of nitrogens with zero attached hydrogens (tertiary/aromatic N) is 4. The molecule has 7 nitrogen and oxygen atoms in total. The van der Waals surface area contributed by atoms with Crippen LogP contribution in [-0.4, -0.2) is 58.5 Å². The molecule has 2 aromatic rings. The third kappa shape index (κ3) is 3.49. The van der Waals surface area contributed by atoms with Crippen LogP contribution in [-0.2, 0) is 9.53 Å². The zero-order valence-electron chi connectivity index (χ0n) is 16.0. The number of carbonyl (C=O) groups is 2. The second-order valence-corrected chi connectivity index (χ2v) is 7.34. The lowest BCUT2D eigenvalue weighted by Gasteiger charge is -2.42. The van der Waals surface area contributed by atoms with Gasteiger partial charge in [0.15, 0.2) is 5.60 Å². The minimum atomic E-state index is -1.01. The van der Waals surface area contributed by atoms with Gasteiger partial charge in [-0.05, 0) is 44.4 Å². The van der Waals surface area contributed by atoms with Gasteiger partial charge < -0.3 is 14.5 Å². The Balaban J connectivity index is 1.60. The van der Waals surface area contributed by atoms with Crippen molar-refractivity contribution in [3.05, 3.63) is 54.1 Å². The molecule has 1 unspecified atom stereocenters. The molecule has 3 heterocycles. The highest BCUT2D eigenvalue weighted by Gasteiger charge is 2.48. The van der Waals surface area contributed by atoms with Crippen molar-refractivity contribution >= 4 is 17.5 Å². The Morgan fingerprint density at radius 1 is 1.14 bits per heavy atom. The molecule has 2 aliphatic heterocycles. The second kappa shape index (κ2) is 7.67. The van der Waals surface area contributed by atoms with Crippen molar-refractivity contribution in [2.75, 3.05) is 31.1 Å². The molecule has 2 amide bonds. The molecule has 28 heavy (non-hydrogen) atoms. The Kier molecular flexibility index (Phi) is 5.09. The van der Waals surface area contributed by atoms with Gasteiger partial charge in [0.25, 0.3) is 11.8 Å². The van der Waals surface area contributed by atoms with E-state index >= 15 is 0 Å². The number of ether oxygens (including phenoxy) is 1. The number of hydrogen-bond donors (Lipinski definition) is 0. The van der Waals surface area contributed by atoms with E-state index in [1.807, 2.05) is 37.3 Å². The van der Waals surface area contributed by atoms with Gasteiger partial charge in [-0.2, -0.15) is 0 Å². The van der Waals surface area contributed by atoms with Gasteiger partial charge in [-0.3, -0.25) is 9.59 Å². The van der Waals surface area contributed by atoms with Gasteiger partial charge in [-0.25, -0.2) is 9.97 Å². The number of rotatable bonds is 2. The Hall–Kier alpha value is -2.80. The fourth-order valence-corrected chi connectivity index (χ4v) is 3.92. The molecule has 1 aromatic carbocycles. The maximum absolute atomic E-state index is 13.5. The number of benzene rings is 1. The molecule has 0 saturated carbocycles. The van der Waals surface area contributed by atoms with Gasteiger partial charge in [-0.15, -0.1) is 0 Å². The van der Waals surface area contributed by atoms with Gasteiger partial charge >= 0.3 is 0 Å². The number of aromatic nitrogens is 2. The highest BCUT2D eigenvalue weighted by molar-refractivity contribution is 6.01. The average Bonchev–Trinajstić information content (AvgIpc) is 2.88. The summed E-state index contributed by atoms with van der Waals surface area (Å²) in [4.78, 5) is 38.3. The van der Waals surface area contributed by atoms with Gasteiger partial charge in [0.1, 0.15) is 0 Å². The van der Waals surface area contributed by atoms with Crippen LogP contribution in [0.25, 0.3) is 0 Å². The minimum Gasteiger partial charge on any atom is -0.361 e. The first-order valence-corrected chi connectivity index (χ1v) is 9.69. The molecule has 0 N–H and O–H groups in total. The number of amides is 2. The SMILES string of the molecule is Cc1ccnc(C(=O)N2CCOC3(CCCCN(c4ccccc4)C3=O)C2)n1. The first-order chi connectivity index (χ1) is 13.6. The van der Waals surface area contributed by atoms with Gasteiger partial charge in [-0.1, -0.05) is 18.2 Å². The molecule has 2 aliphatic rings. The van der Waals surface area contributed by atoms with E-state index in [1.165, 1.54) is 0 Å². The van der Waals surface area contributed by atoms with E-state index in [0.29, 0.717) is 26.1 Å². The van der Waals surface area contributed by atoms with Crippen LogP contribution in [0.1, 0.15) is 35.6 Å². The summed E-state index contributed by atoms with van der Waals surface area (Å²) in [6.45, 7) is 3.46. The third-order valence-electron chi connectivity index (χ3n) is 5.37. The van der Waals surface area contributed by atoms with Gasteiger partial charge in [0.05, 0.1) is 13.2 Å². The van der Waals surface area contributed by atoms with Crippen molar-refractivity contribution < 1.29 is 14.3 Å². The first-order valence-electron chi connectivity index (χ1n) is 9.69. The summed E-state index contributed by atoms with van der Waals surface area (Å²) in [6.07, 6.45) is 3.96. The van der Waals surface area contributed by atoms with E-state index in [2.05, 4.69) is 9.97 Å². The van der Waals surface area contributed by atoms with Crippen LogP contribution in [0.4, 0.5) is 5.69 Å². The lowest BCUT2D eigenvalue weighted by Crippen LogP contribution is -2.61. The highest BCUT2D eigenvalue weighted by atomic mass is 16.5. The molecule has 1 spiro atoms. The van der Waals surface area contributed by atoms with Crippen LogP contribution in [0.15, 0.2) is 42.6 Å². The maximum atomic E-state index is 13.5. The highest BCUT2D eigenvalue weighted by Crippen LogP contribution is 2.32. The smallest absolute Gasteiger partial charge is 0.291 e. The Morgan fingerprint density at radius 3 is 2.75 bits per heavy atom. The lowest BCUT2D eigenvalue weighted by atomic mass is 9.94. The quantitative estimate of drug-likeness (QED) is 0.799. The molecule has 0 radical (unpaired) electrons. The van der Waals surface area contributed by atoms with Gasteiger partial charge in [0, 0.05) is 30.7 Å². The van der Waals surface area contributed by atoms with Gasteiger partial charge in [0.2, 0.25) is 5.82 Å². The summed E-state index contributed by atoms with van der Waals surface area (Å²) < 4.78 is 6.06. The molecule has 0 aliphatic carbocycles. The van der Waals surface area contributed by atoms with E-state index in [9.17, 15) is 9.59 Å². The average molecular weight is 380 g/mol. The fraction of sp³-hybridized carbons (Fsp3) is 0.429. The van der Waals surface area contributed by atoms with Crippen molar-refractivity contribution in [3.8, 4) is 0 Å². The molecule has 0 bridgehead atoms. The summed E-state index contributed by atoms with van der Waals surface area (Å²) in [5.74, 6) is -0.161. The van der Waals surface area contributed by atoms with Crippen molar-refractivity contribution in [2.45, 2.75) is 31.8 Å². The number of carbonyl (C=O) groups excluding carboxylic acids is 2. The number of hydrogen-bond acceptors (Lipinski definition) is 5. The van der Waals surface area contributed by atoms with E-state index in [0.717, 1.165) is 24.2 Å². The zero-order valence-corrected chi connectivity index (χ0v) is 16.0. The monoisotopic (exact) mass is 380 g/mol. The summed E-state index contributed by atoms with van der Waals surface area (Å²) >= 11 is 0. The minimum absolute atomic E-state index is 0.0705. The topological polar surface area (TPSA) is 75.6 Å². The van der Waals surface area contributed by atoms with E-state index in [4.69, 9.17) is 4.74 Å². The Labute approximate surface area is 164 Å². The molecular formula is C21H24N4O3. The van der Waals surface area contributed by atoms with E-state index in [1.54, 1.807) is 22.1 Å². The predicted molar refractivity (Wildman–Crippen MR) is 104 cm³/mol. The van der Waals surface area contributed by atoms with Crippen LogP contribution < -0.4 is 4.90 Å². The molecule has 2 saturated heterocycles. The molecule has 7 heteroatoms. The standard InChI is InChI=1S/C21H24N4O3/c1-16-9-11-22-18(23-16)19(26)24-13-14-28-21(15-24)10-5-6-12-25(20(21)27)17-7-3-2-4-8-17/h2-4,7-9,11H,5-6,10,12-15H2,1H3. The summed E-state index contributed by atoms with van der Waals surface area (Å²) in [6, 6.07) is 11.4. The zero-order chi connectivity index (χ0) is 19.6. The summed E-state index contributed by atoms with van der Waals surface area (Å²) in [5.41, 5.74) is 0.592. The molecule has 1 aromatic heterocycles. The number of morpholine rings is 1. The molecule has 2 fully saturated rings. The number of para-hydroxylation sites is 1. The number of anilines is 1. The van der Waals surface area contributed by atoms with Crippen molar-refractivity contribution in [2.24, 2.45) is 0 Å². The van der Waals surface area contributed by atoms with Crippen LogP contribution in [0.3, 0.4) is 0 Å². The summed E-state index contributed by atoms with van der Waals surface area (Å²) in [5, 5.41) is 0. The molecule has 146 valence electrons. The lowest BCUT2D eigenvalue weighted by molar-refractivity contribution is -0.155. The number of aryl methyl sites for hydroxylation is 1. The van der Waals surface area contributed by atoms with Crippen LogP contribution in [0, 0.1) is 6.92 Å². The molecule has 4 rings (SSSR count). The second-order valence-electron chi connectivity index (χ2n) is 7.34. The van der Waals surface area contributed by atoms with Crippen molar-refractivity contribution in [3.63, 3.8) is 0 Å². The normalized spacial score (nSPS) is 23.0. The Bertz CT molecular complexity index is 873.